The van der Waals surface area contributed by atoms with Gasteiger partial charge in [-0.2, -0.15) is 0 Å². The fourth-order valence-corrected chi connectivity index (χ4v) is 4.01. The number of nitrogens with zero attached hydrogens (tertiary/aromatic N) is 1. The van der Waals surface area contributed by atoms with E-state index in [2.05, 4.69) is 38.3 Å². The lowest BCUT2D eigenvalue weighted by atomic mass is 10.0. The molecule has 114 valence electrons. The van der Waals surface area contributed by atoms with E-state index < -0.39 is 0 Å². The predicted molar refractivity (Wildman–Crippen MR) is 86.3 cm³/mol. The zero-order chi connectivity index (χ0) is 15.1. The van der Waals surface area contributed by atoms with E-state index in [0.29, 0.717) is 0 Å². The normalized spacial score (nSPS) is 22.6. The molecular formula is C18H27N2O+. The standard InChI is InChI=1S/C18H26N2O/c1-14-8-7-9-15(2)16(14)19-17(21)18(10-11-18)20(3)12-5-4-6-13-20/h7-9H,4-6,10-13H2,1-3H3/p+1. The molecule has 1 amide bonds. The number of hydrogen-bond donors (Lipinski definition) is 1. The summed E-state index contributed by atoms with van der Waals surface area (Å²) in [6.45, 7) is 6.44. The van der Waals surface area contributed by atoms with Crippen molar-refractivity contribution in [2.75, 3.05) is 25.5 Å². The van der Waals surface area contributed by atoms with Gasteiger partial charge in [0.1, 0.15) is 0 Å². The monoisotopic (exact) mass is 287 g/mol. The fourth-order valence-electron chi connectivity index (χ4n) is 4.01. The smallest absolute Gasteiger partial charge is 0.285 e. The summed E-state index contributed by atoms with van der Waals surface area (Å²) in [7, 11) is 2.29. The maximum atomic E-state index is 13.0. The zero-order valence-electron chi connectivity index (χ0n) is 13.5. The number of likely N-dealkylation sites (tertiary alicyclic amines) is 1. The summed E-state index contributed by atoms with van der Waals surface area (Å²) < 4.78 is 0.948. The highest BCUT2D eigenvalue weighted by Crippen LogP contribution is 2.48. The molecular weight excluding hydrogens is 260 g/mol. The highest BCUT2D eigenvalue weighted by Gasteiger charge is 2.64. The maximum Gasteiger partial charge on any atom is 0.285 e. The molecule has 3 rings (SSSR count). The molecule has 0 bridgehead atoms. The third kappa shape index (κ3) is 2.38. The molecule has 21 heavy (non-hydrogen) atoms. The van der Waals surface area contributed by atoms with Crippen LogP contribution in [0.15, 0.2) is 18.2 Å². The van der Waals surface area contributed by atoms with Crippen molar-refractivity contribution in [3.8, 4) is 0 Å². The van der Waals surface area contributed by atoms with Crippen LogP contribution < -0.4 is 5.32 Å². The third-order valence-electron chi connectivity index (χ3n) is 5.70. The predicted octanol–water partition coefficient (Wildman–Crippen LogP) is 3.41. The Morgan fingerprint density at radius 1 is 1.10 bits per heavy atom. The number of carbonyl (C=O) groups excluding carboxylic acids is 1. The number of rotatable bonds is 3. The highest BCUT2D eigenvalue weighted by atomic mass is 16.2. The molecule has 2 fully saturated rings. The molecule has 0 atom stereocenters. The average molecular weight is 287 g/mol. The van der Waals surface area contributed by atoms with Gasteiger partial charge in [-0.1, -0.05) is 18.2 Å². The fraction of sp³-hybridized carbons (Fsp3) is 0.611. The molecule has 3 heteroatoms. The minimum Gasteiger partial charge on any atom is -0.320 e. The van der Waals surface area contributed by atoms with Crippen molar-refractivity contribution in [1.29, 1.82) is 0 Å². The van der Waals surface area contributed by atoms with E-state index in [0.717, 1.165) is 47.2 Å². The lowest BCUT2D eigenvalue weighted by Crippen LogP contribution is -2.61. The first-order valence-electron chi connectivity index (χ1n) is 8.21. The van der Waals surface area contributed by atoms with Crippen molar-refractivity contribution in [3.63, 3.8) is 0 Å². The van der Waals surface area contributed by atoms with Crippen molar-refractivity contribution in [3.05, 3.63) is 29.3 Å². The lowest BCUT2D eigenvalue weighted by Gasteiger charge is -2.44. The van der Waals surface area contributed by atoms with Crippen molar-refractivity contribution >= 4 is 11.6 Å². The van der Waals surface area contributed by atoms with E-state index in [1.165, 1.54) is 19.3 Å². The van der Waals surface area contributed by atoms with Crippen molar-refractivity contribution < 1.29 is 9.28 Å². The van der Waals surface area contributed by atoms with Crippen molar-refractivity contribution in [1.82, 2.24) is 0 Å². The molecule has 3 nitrogen and oxygen atoms in total. The average Bonchev–Trinajstić information content (AvgIpc) is 3.26. The number of hydrogen-bond acceptors (Lipinski definition) is 1. The summed E-state index contributed by atoms with van der Waals surface area (Å²) in [6, 6.07) is 6.18. The lowest BCUT2D eigenvalue weighted by molar-refractivity contribution is -0.938. The van der Waals surface area contributed by atoms with Crippen LogP contribution in [0.5, 0.6) is 0 Å². The second-order valence-electron chi connectivity index (χ2n) is 7.16. The SMILES string of the molecule is Cc1cccc(C)c1NC(=O)C1([N+]2(C)CCCCC2)CC1. The first-order chi connectivity index (χ1) is 9.98. The van der Waals surface area contributed by atoms with Crippen LogP contribution >= 0.6 is 0 Å². The summed E-state index contributed by atoms with van der Waals surface area (Å²) in [4.78, 5) is 13.0. The van der Waals surface area contributed by atoms with Gasteiger partial charge >= 0.3 is 0 Å². The molecule has 0 unspecified atom stereocenters. The Balaban J connectivity index is 1.82. The second-order valence-corrected chi connectivity index (χ2v) is 7.16. The molecule has 1 N–H and O–H groups in total. The Bertz CT molecular complexity index is 534. The Kier molecular flexibility index (Phi) is 3.56. The molecule has 0 radical (unpaired) electrons. The molecule has 1 aromatic rings. The Morgan fingerprint density at radius 2 is 1.67 bits per heavy atom. The molecule has 0 spiro atoms. The van der Waals surface area contributed by atoms with Crippen LogP contribution in [0.25, 0.3) is 0 Å². The van der Waals surface area contributed by atoms with Crippen molar-refractivity contribution in [2.24, 2.45) is 0 Å². The van der Waals surface area contributed by atoms with Crippen molar-refractivity contribution in [2.45, 2.75) is 51.5 Å². The van der Waals surface area contributed by atoms with Gasteiger partial charge in [0.25, 0.3) is 5.91 Å². The number of para-hydroxylation sites is 1. The van der Waals surface area contributed by atoms with Crippen LogP contribution in [-0.2, 0) is 4.79 Å². The molecule has 1 heterocycles. The largest absolute Gasteiger partial charge is 0.320 e. The van der Waals surface area contributed by atoms with Gasteiger partial charge in [-0.15, -0.1) is 0 Å². The summed E-state index contributed by atoms with van der Waals surface area (Å²) in [5.74, 6) is 0.240. The molecule has 1 aliphatic carbocycles. The second kappa shape index (κ2) is 5.13. The first-order valence-corrected chi connectivity index (χ1v) is 8.21. The minimum absolute atomic E-state index is 0.158. The van der Waals surface area contributed by atoms with Crippen LogP contribution in [0.1, 0.15) is 43.2 Å². The minimum atomic E-state index is -0.158. The van der Waals surface area contributed by atoms with E-state index in [-0.39, 0.29) is 11.4 Å². The molecule has 1 saturated carbocycles. The topological polar surface area (TPSA) is 29.1 Å². The third-order valence-corrected chi connectivity index (χ3v) is 5.70. The quantitative estimate of drug-likeness (QED) is 0.848. The number of anilines is 1. The Labute approximate surface area is 127 Å². The van der Waals surface area contributed by atoms with Gasteiger partial charge in [0.15, 0.2) is 5.54 Å². The van der Waals surface area contributed by atoms with Crippen LogP contribution in [0.4, 0.5) is 5.69 Å². The summed E-state index contributed by atoms with van der Waals surface area (Å²) >= 11 is 0. The Hall–Kier alpha value is -1.35. The molecule has 1 saturated heterocycles. The number of piperidine rings is 1. The summed E-state index contributed by atoms with van der Waals surface area (Å²) in [5.41, 5.74) is 3.16. The van der Waals surface area contributed by atoms with E-state index in [1.54, 1.807) is 0 Å². The number of quaternary nitrogens is 1. The van der Waals surface area contributed by atoms with Gasteiger partial charge in [0, 0.05) is 18.5 Å². The number of aryl methyl sites for hydroxylation is 2. The summed E-state index contributed by atoms with van der Waals surface area (Å²) in [6.07, 6.45) is 5.92. The van der Waals surface area contributed by atoms with E-state index in [9.17, 15) is 4.79 Å². The number of nitrogens with one attached hydrogen (secondary N) is 1. The highest BCUT2D eigenvalue weighted by molar-refractivity contribution is 6.00. The molecule has 1 aliphatic heterocycles. The number of benzene rings is 1. The number of carbonyl (C=O) groups is 1. The van der Waals surface area contributed by atoms with E-state index in [4.69, 9.17) is 0 Å². The van der Waals surface area contributed by atoms with Gasteiger partial charge in [0.2, 0.25) is 0 Å². The van der Waals surface area contributed by atoms with Crippen LogP contribution in [0.3, 0.4) is 0 Å². The number of amides is 1. The van der Waals surface area contributed by atoms with Gasteiger partial charge < -0.3 is 9.80 Å². The van der Waals surface area contributed by atoms with Gasteiger partial charge in [0.05, 0.1) is 20.1 Å². The zero-order valence-corrected chi connectivity index (χ0v) is 13.5. The van der Waals surface area contributed by atoms with Crippen LogP contribution in [-0.4, -0.2) is 36.1 Å². The van der Waals surface area contributed by atoms with Gasteiger partial charge in [-0.25, -0.2) is 0 Å². The summed E-state index contributed by atoms with van der Waals surface area (Å²) in [5, 5.41) is 3.25. The molecule has 0 aromatic heterocycles. The maximum absolute atomic E-state index is 13.0. The Morgan fingerprint density at radius 3 is 2.19 bits per heavy atom. The van der Waals surface area contributed by atoms with E-state index >= 15 is 0 Å². The van der Waals surface area contributed by atoms with Crippen LogP contribution in [0, 0.1) is 13.8 Å². The van der Waals surface area contributed by atoms with Crippen LogP contribution in [0.2, 0.25) is 0 Å². The number of likely N-dealkylation sites (N-methyl/N-ethyl adjacent to an activating group) is 1. The first kappa shape index (κ1) is 14.6. The van der Waals surface area contributed by atoms with Gasteiger partial charge in [-0.05, 0) is 44.2 Å². The molecule has 2 aliphatic rings. The van der Waals surface area contributed by atoms with Gasteiger partial charge in [-0.3, -0.25) is 4.79 Å². The molecule has 1 aromatic carbocycles. The van der Waals surface area contributed by atoms with E-state index in [1.807, 2.05) is 6.07 Å².